The molecule has 0 aliphatic heterocycles. The highest BCUT2D eigenvalue weighted by atomic mass is 16.2. The number of hydrogen-bond acceptors (Lipinski definition) is 7. The van der Waals surface area contributed by atoms with Gasteiger partial charge in [-0.2, -0.15) is 0 Å². The summed E-state index contributed by atoms with van der Waals surface area (Å²) >= 11 is 0. The molecular formula is C21H35N9O3. The number of fused-ring (bicyclic) bond motifs is 2. The molecule has 182 valence electrons. The molecule has 3 N–H and O–H groups in total. The molecule has 4 aromatic rings. The lowest BCUT2D eigenvalue weighted by Gasteiger charge is -2.20. The Balaban J connectivity index is 0.000000288. The van der Waals surface area contributed by atoms with Gasteiger partial charge in [-0.25, -0.2) is 19.4 Å². The zero-order valence-corrected chi connectivity index (χ0v) is 21.1. The molecule has 0 aliphatic carbocycles. The summed E-state index contributed by atoms with van der Waals surface area (Å²) in [5.74, 6) is 0. The fourth-order valence-electron chi connectivity index (χ4n) is 2.66. The lowest BCUT2D eigenvalue weighted by atomic mass is 10.1. The minimum atomic E-state index is -0.536. The Bertz CT molecular complexity index is 1340. The first kappa shape index (κ1) is 27.5. The summed E-state index contributed by atoms with van der Waals surface area (Å²) in [7, 11) is 0. The molecule has 0 radical (unpaired) electrons. The Labute approximate surface area is 191 Å². The number of hydrogen-bond donors (Lipinski definition) is 3. The van der Waals surface area contributed by atoms with Crippen LogP contribution in [0.5, 0.6) is 0 Å². The van der Waals surface area contributed by atoms with Gasteiger partial charge in [0.25, 0.3) is 11.1 Å². The van der Waals surface area contributed by atoms with E-state index in [1.165, 1.54) is 11.0 Å². The van der Waals surface area contributed by atoms with Crippen LogP contribution in [0.4, 0.5) is 0 Å². The lowest BCUT2D eigenvalue weighted by molar-refractivity contribution is 0.327. The van der Waals surface area contributed by atoms with Crippen molar-refractivity contribution in [3.05, 3.63) is 43.8 Å². The summed E-state index contributed by atoms with van der Waals surface area (Å²) in [6.07, 6.45) is 2.99. The van der Waals surface area contributed by atoms with Crippen molar-refractivity contribution in [1.82, 2.24) is 44.5 Å². The smallest absolute Gasteiger partial charge is 0.327 e. The van der Waals surface area contributed by atoms with Crippen molar-refractivity contribution in [2.45, 2.75) is 80.3 Å². The molecule has 12 nitrogen and oxygen atoms in total. The summed E-state index contributed by atoms with van der Waals surface area (Å²) in [5.41, 5.74) is -0.303. The molecular weight excluding hydrogens is 426 g/mol. The van der Waals surface area contributed by atoms with Crippen LogP contribution in [-0.2, 0) is 11.1 Å². The molecule has 0 saturated heterocycles. The van der Waals surface area contributed by atoms with Gasteiger partial charge in [0.15, 0.2) is 16.7 Å². The van der Waals surface area contributed by atoms with Crippen molar-refractivity contribution in [1.29, 1.82) is 0 Å². The molecule has 0 spiro atoms. The first-order valence-corrected chi connectivity index (χ1v) is 10.9. The molecule has 0 bridgehead atoms. The molecule has 4 heterocycles. The molecule has 0 aliphatic rings. The molecule has 33 heavy (non-hydrogen) atoms. The van der Waals surface area contributed by atoms with Crippen LogP contribution in [0, 0.1) is 0 Å². The zero-order valence-electron chi connectivity index (χ0n) is 21.1. The quantitative estimate of drug-likeness (QED) is 0.362. The number of aromatic nitrogens is 9. The first-order valence-electron chi connectivity index (χ1n) is 10.9. The molecule has 12 heteroatoms. The van der Waals surface area contributed by atoms with Crippen LogP contribution in [0.25, 0.3) is 22.3 Å². The minimum absolute atomic E-state index is 0.194. The molecule has 0 fully saturated rings. The highest BCUT2D eigenvalue weighted by molar-refractivity contribution is 5.69. The van der Waals surface area contributed by atoms with E-state index >= 15 is 0 Å². The first-order chi connectivity index (χ1) is 15.4. The van der Waals surface area contributed by atoms with Gasteiger partial charge in [0, 0.05) is 5.54 Å². The van der Waals surface area contributed by atoms with E-state index in [0.29, 0.717) is 22.3 Å². The predicted molar refractivity (Wildman–Crippen MR) is 130 cm³/mol. The van der Waals surface area contributed by atoms with Gasteiger partial charge in [-0.05, 0) is 41.5 Å². The van der Waals surface area contributed by atoms with Crippen molar-refractivity contribution in [3.8, 4) is 0 Å². The van der Waals surface area contributed by atoms with Crippen LogP contribution in [0.2, 0.25) is 0 Å². The van der Waals surface area contributed by atoms with Gasteiger partial charge in [0.05, 0.1) is 18.2 Å². The predicted octanol–water partition coefficient (Wildman–Crippen LogP) is 2.49. The van der Waals surface area contributed by atoms with E-state index in [2.05, 4.69) is 35.2 Å². The SMILES string of the molecule is CC.CC.CC(C)(C)n1cnc2[nH]c(=O)[nH]c(=O)c21.CC(C)(C)n1nnc2nc[nH]c2c1=O. The summed E-state index contributed by atoms with van der Waals surface area (Å²) < 4.78 is 3.07. The average Bonchev–Trinajstić information content (AvgIpc) is 3.38. The lowest BCUT2D eigenvalue weighted by Crippen LogP contribution is -2.36. The van der Waals surface area contributed by atoms with E-state index in [0.717, 1.165) is 0 Å². The van der Waals surface area contributed by atoms with Crippen molar-refractivity contribution >= 4 is 22.3 Å². The van der Waals surface area contributed by atoms with Gasteiger partial charge in [-0.15, -0.1) is 5.10 Å². The van der Waals surface area contributed by atoms with Crippen LogP contribution in [-0.4, -0.2) is 44.5 Å². The van der Waals surface area contributed by atoms with E-state index in [4.69, 9.17) is 0 Å². The van der Waals surface area contributed by atoms with Gasteiger partial charge in [-0.3, -0.25) is 19.6 Å². The Kier molecular flexibility index (Phi) is 9.02. The second-order valence-corrected chi connectivity index (χ2v) is 8.47. The normalized spacial score (nSPS) is 11.1. The molecule has 0 saturated carbocycles. The van der Waals surface area contributed by atoms with Crippen molar-refractivity contribution in [3.63, 3.8) is 0 Å². The fourth-order valence-corrected chi connectivity index (χ4v) is 2.66. The van der Waals surface area contributed by atoms with Crippen LogP contribution < -0.4 is 16.8 Å². The highest BCUT2D eigenvalue weighted by Crippen LogP contribution is 2.17. The summed E-state index contributed by atoms with van der Waals surface area (Å²) in [6.45, 7) is 19.6. The third-order valence-electron chi connectivity index (χ3n) is 4.05. The topological polar surface area (TPSA) is 160 Å². The number of aromatic amines is 3. The third-order valence-corrected chi connectivity index (χ3v) is 4.05. The van der Waals surface area contributed by atoms with Gasteiger partial charge in [0.1, 0.15) is 0 Å². The van der Waals surface area contributed by atoms with E-state index in [1.54, 1.807) is 10.9 Å². The van der Waals surface area contributed by atoms with Crippen LogP contribution >= 0.6 is 0 Å². The number of H-pyrrole nitrogens is 3. The average molecular weight is 462 g/mol. The van der Waals surface area contributed by atoms with Gasteiger partial charge >= 0.3 is 5.69 Å². The fraction of sp³-hybridized carbons (Fsp3) is 0.571. The standard InChI is InChI=1S/C9H12N4O2.C8H11N5O.2C2H6/c1-9(2,3)13-4-10-6-5(13)7(14)12-8(15)11-6;1-8(2,3)13-7(14)5-6(11-12-13)10-4-9-5;2*1-2/h4H,1-3H3,(H2,11,12,14,15);4H,1-3H3,(H,9,10);2*1-2H3. The van der Waals surface area contributed by atoms with E-state index in [-0.39, 0.29) is 16.6 Å². The maximum Gasteiger partial charge on any atom is 0.327 e. The van der Waals surface area contributed by atoms with Crippen LogP contribution in [0.1, 0.15) is 69.2 Å². The number of rotatable bonds is 0. The molecule has 4 rings (SSSR count). The Morgan fingerprint density at radius 1 is 0.848 bits per heavy atom. The van der Waals surface area contributed by atoms with Gasteiger partial charge in [0.2, 0.25) is 5.65 Å². The van der Waals surface area contributed by atoms with E-state index < -0.39 is 11.2 Å². The van der Waals surface area contributed by atoms with E-state index in [9.17, 15) is 14.4 Å². The Hall–Kier alpha value is -3.57. The molecule has 0 unspecified atom stereocenters. The summed E-state index contributed by atoms with van der Waals surface area (Å²) in [5, 5.41) is 7.66. The Morgan fingerprint density at radius 3 is 2.00 bits per heavy atom. The van der Waals surface area contributed by atoms with Crippen molar-refractivity contribution in [2.24, 2.45) is 0 Å². The number of nitrogens with one attached hydrogen (secondary N) is 3. The molecule has 0 aromatic carbocycles. The second kappa shape index (κ2) is 10.8. The zero-order chi connectivity index (χ0) is 25.6. The monoisotopic (exact) mass is 461 g/mol. The second-order valence-electron chi connectivity index (χ2n) is 8.47. The maximum atomic E-state index is 11.8. The largest absolute Gasteiger partial charge is 0.339 e. The van der Waals surface area contributed by atoms with E-state index in [1.807, 2.05) is 69.2 Å². The van der Waals surface area contributed by atoms with Crippen molar-refractivity contribution in [2.75, 3.05) is 0 Å². The third kappa shape index (κ3) is 6.24. The molecule has 0 atom stereocenters. The maximum absolute atomic E-state index is 11.8. The summed E-state index contributed by atoms with van der Waals surface area (Å²) in [4.78, 5) is 49.7. The Morgan fingerprint density at radius 2 is 1.45 bits per heavy atom. The molecule has 4 aromatic heterocycles. The minimum Gasteiger partial charge on any atom is -0.339 e. The van der Waals surface area contributed by atoms with Crippen molar-refractivity contribution < 1.29 is 0 Å². The van der Waals surface area contributed by atoms with Gasteiger partial charge < -0.3 is 9.55 Å². The number of imidazole rings is 2. The van der Waals surface area contributed by atoms with Crippen LogP contribution in [0.3, 0.4) is 0 Å². The molecule has 0 amide bonds. The summed E-state index contributed by atoms with van der Waals surface area (Å²) in [6, 6.07) is 0. The van der Waals surface area contributed by atoms with Gasteiger partial charge in [-0.1, -0.05) is 32.9 Å². The van der Waals surface area contributed by atoms with Crippen LogP contribution in [0.15, 0.2) is 27.0 Å². The number of nitrogens with zero attached hydrogens (tertiary/aromatic N) is 6. The highest BCUT2D eigenvalue weighted by Gasteiger charge is 2.19.